The summed E-state index contributed by atoms with van der Waals surface area (Å²) in [6, 6.07) is 0. The van der Waals surface area contributed by atoms with Gasteiger partial charge >= 0.3 is 39.5 Å². The number of unbranched alkanes of at least 4 members (excludes halogenated alkanes) is 45. The third kappa shape index (κ3) is 75.3. The van der Waals surface area contributed by atoms with Crippen LogP contribution in [-0.4, -0.2) is 96.7 Å². The topological polar surface area (TPSA) is 237 Å². The summed E-state index contributed by atoms with van der Waals surface area (Å²) in [4.78, 5) is 73.0. The molecule has 19 heteroatoms. The van der Waals surface area contributed by atoms with E-state index in [1.165, 1.54) is 225 Å². The summed E-state index contributed by atoms with van der Waals surface area (Å²) in [5.74, 6) is 1.01. The van der Waals surface area contributed by atoms with Gasteiger partial charge in [-0.1, -0.05) is 383 Å². The number of hydrogen-bond acceptors (Lipinski definition) is 15. The zero-order valence-corrected chi connectivity index (χ0v) is 69.7. The minimum absolute atomic E-state index is 0.107. The largest absolute Gasteiger partial charge is 0.472 e. The Hall–Kier alpha value is -1.94. The molecule has 0 bridgehead atoms. The summed E-state index contributed by atoms with van der Waals surface area (Å²) >= 11 is 0. The monoisotopic (exact) mass is 1510 g/mol. The molecule has 612 valence electrons. The molecule has 0 rings (SSSR count). The maximum absolute atomic E-state index is 13.1. The van der Waals surface area contributed by atoms with Crippen LogP contribution in [0.15, 0.2) is 0 Å². The van der Waals surface area contributed by atoms with Gasteiger partial charge < -0.3 is 33.8 Å². The lowest BCUT2D eigenvalue weighted by molar-refractivity contribution is -0.161. The summed E-state index contributed by atoms with van der Waals surface area (Å²) in [5, 5.41) is 10.6. The van der Waals surface area contributed by atoms with Gasteiger partial charge in [-0.05, 0) is 49.4 Å². The van der Waals surface area contributed by atoms with Crippen LogP contribution in [0.4, 0.5) is 0 Å². The van der Waals surface area contributed by atoms with E-state index in [4.69, 9.17) is 37.0 Å². The quantitative estimate of drug-likeness (QED) is 0.0222. The van der Waals surface area contributed by atoms with E-state index in [9.17, 15) is 43.2 Å². The standard InChI is InChI=1S/C84H164O17P2/c1-9-76(7)62-54-46-37-31-27-23-19-15-11-13-17-21-25-29-33-39-50-58-66-83(88)100-79(70-94-81(86)64-56-48-41-35-36-44-52-60-74(3)4)72-98-102(90,91)96-68-78(85)69-97-103(92,93)99-73-80(71-95-82(87)65-57-49-43-42-45-53-61-75(5)6)101-84(89)67-59-51-40-34-30-26-22-18-14-12-16-20-24-28-32-38-47-55-63-77(8)10-2/h74-80,85H,9-73H2,1-8H3,(H,90,91)(H,92,93)/t76?,77?,78?,79-,80-/m1/s1. The lowest BCUT2D eigenvalue weighted by Gasteiger charge is -2.21. The van der Waals surface area contributed by atoms with Gasteiger partial charge in [-0.2, -0.15) is 0 Å². The fourth-order valence-electron chi connectivity index (χ4n) is 12.9. The molecule has 0 saturated heterocycles. The molecule has 0 aromatic rings. The highest BCUT2D eigenvalue weighted by Gasteiger charge is 2.30. The number of ether oxygens (including phenoxy) is 4. The Labute approximate surface area is 632 Å². The summed E-state index contributed by atoms with van der Waals surface area (Å²) in [6.07, 6.45) is 61.5. The number of carbonyl (C=O) groups excluding carboxylic acids is 4. The highest BCUT2D eigenvalue weighted by molar-refractivity contribution is 7.47. The van der Waals surface area contributed by atoms with Gasteiger partial charge in [0.25, 0.3) is 0 Å². The van der Waals surface area contributed by atoms with Crippen LogP contribution in [0.25, 0.3) is 0 Å². The Balaban J connectivity index is 5.11. The van der Waals surface area contributed by atoms with E-state index < -0.39 is 97.5 Å². The molecule has 17 nitrogen and oxygen atoms in total. The molecule has 0 aromatic carbocycles. The minimum Gasteiger partial charge on any atom is -0.462 e. The number of rotatable bonds is 81. The molecule has 0 radical (unpaired) electrons. The van der Waals surface area contributed by atoms with E-state index in [1.807, 2.05) is 0 Å². The molecule has 0 aliphatic heterocycles. The van der Waals surface area contributed by atoms with E-state index in [1.54, 1.807) is 0 Å². The first-order valence-corrected chi connectivity index (χ1v) is 46.3. The first kappa shape index (κ1) is 101. The van der Waals surface area contributed by atoms with Crippen LogP contribution >= 0.6 is 15.6 Å². The van der Waals surface area contributed by atoms with Gasteiger partial charge in [-0.15, -0.1) is 0 Å². The van der Waals surface area contributed by atoms with Gasteiger partial charge in [-0.3, -0.25) is 37.3 Å². The molecule has 0 spiro atoms. The van der Waals surface area contributed by atoms with E-state index in [0.29, 0.717) is 37.5 Å². The van der Waals surface area contributed by atoms with Crippen molar-refractivity contribution in [2.24, 2.45) is 23.7 Å². The minimum atomic E-state index is -4.96. The van der Waals surface area contributed by atoms with Gasteiger partial charge in [0.05, 0.1) is 26.4 Å². The van der Waals surface area contributed by atoms with Gasteiger partial charge in [0.2, 0.25) is 0 Å². The smallest absolute Gasteiger partial charge is 0.462 e. The van der Waals surface area contributed by atoms with Crippen molar-refractivity contribution in [1.82, 2.24) is 0 Å². The van der Waals surface area contributed by atoms with Crippen LogP contribution in [0.5, 0.6) is 0 Å². The Morgan fingerprint density at radius 2 is 0.466 bits per heavy atom. The SMILES string of the molecule is CCC(C)CCCCCCCCCCCCCCCCCCCCC(=O)O[C@H](COC(=O)CCCCCCCCCC(C)C)COP(=O)(O)OCC(O)COP(=O)(O)OC[C@@H](COC(=O)CCCCCCCCC(C)C)OC(=O)CCCCCCCCCCCCCCCCCCCCC(C)CC. The Kier molecular flexibility index (Phi) is 71.5. The predicted octanol–water partition coefficient (Wildman–Crippen LogP) is 25.2. The van der Waals surface area contributed by atoms with Crippen molar-refractivity contribution in [2.45, 2.75) is 453 Å². The van der Waals surface area contributed by atoms with Crippen LogP contribution in [0, 0.1) is 23.7 Å². The van der Waals surface area contributed by atoms with Crippen molar-refractivity contribution < 1.29 is 80.2 Å². The van der Waals surface area contributed by atoms with Crippen LogP contribution in [0.1, 0.15) is 434 Å². The van der Waals surface area contributed by atoms with Crippen molar-refractivity contribution >= 4 is 39.5 Å². The average Bonchev–Trinajstić information content (AvgIpc) is 1.78. The normalized spacial score (nSPS) is 14.5. The first-order chi connectivity index (χ1) is 49.7. The summed E-state index contributed by atoms with van der Waals surface area (Å²) in [6.45, 7) is 14.3. The van der Waals surface area contributed by atoms with Crippen molar-refractivity contribution in [3.63, 3.8) is 0 Å². The fraction of sp³-hybridized carbons (Fsp3) is 0.952. The van der Waals surface area contributed by atoms with Crippen molar-refractivity contribution in [2.75, 3.05) is 39.6 Å². The lowest BCUT2D eigenvalue weighted by atomic mass is 9.99. The zero-order valence-electron chi connectivity index (χ0n) is 68.0. The van der Waals surface area contributed by atoms with Crippen molar-refractivity contribution in [3.8, 4) is 0 Å². The highest BCUT2D eigenvalue weighted by atomic mass is 31.2. The molecule has 7 atom stereocenters. The summed E-state index contributed by atoms with van der Waals surface area (Å²) in [7, 11) is -9.92. The third-order valence-corrected chi connectivity index (χ3v) is 22.2. The number of hydrogen-bond donors (Lipinski definition) is 3. The van der Waals surface area contributed by atoms with Crippen molar-refractivity contribution in [3.05, 3.63) is 0 Å². The van der Waals surface area contributed by atoms with Crippen LogP contribution < -0.4 is 0 Å². The van der Waals surface area contributed by atoms with Gasteiger partial charge in [0.1, 0.15) is 19.3 Å². The third-order valence-electron chi connectivity index (χ3n) is 20.3. The summed E-state index contributed by atoms with van der Waals surface area (Å²) in [5.41, 5.74) is 0. The Morgan fingerprint density at radius 1 is 0.272 bits per heavy atom. The van der Waals surface area contributed by atoms with Gasteiger partial charge in [0, 0.05) is 25.7 Å². The first-order valence-electron chi connectivity index (χ1n) is 43.3. The molecule has 0 heterocycles. The van der Waals surface area contributed by atoms with E-state index in [0.717, 1.165) is 115 Å². The number of aliphatic hydroxyl groups excluding tert-OH is 1. The number of phosphoric acid groups is 2. The molecule has 0 saturated carbocycles. The van der Waals surface area contributed by atoms with Crippen LogP contribution in [-0.2, 0) is 65.4 Å². The molecular weight excluding hydrogens is 1340 g/mol. The molecular formula is C84H164O17P2. The average molecular weight is 1510 g/mol. The lowest BCUT2D eigenvalue weighted by Crippen LogP contribution is -2.30. The molecule has 3 N–H and O–H groups in total. The van der Waals surface area contributed by atoms with Gasteiger partial charge in [0.15, 0.2) is 12.2 Å². The molecule has 0 aliphatic rings. The molecule has 0 aliphatic carbocycles. The van der Waals surface area contributed by atoms with E-state index in [-0.39, 0.29) is 25.7 Å². The number of carbonyl (C=O) groups is 4. The number of aliphatic hydroxyl groups is 1. The van der Waals surface area contributed by atoms with Crippen LogP contribution in [0.3, 0.4) is 0 Å². The molecule has 0 fully saturated rings. The second-order valence-corrected chi connectivity index (χ2v) is 34.6. The van der Waals surface area contributed by atoms with E-state index >= 15 is 0 Å². The summed E-state index contributed by atoms with van der Waals surface area (Å²) < 4.78 is 68.7. The van der Waals surface area contributed by atoms with Crippen molar-refractivity contribution in [1.29, 1.82) is 0 Å². The Bertz CT molecular complexity index is 2010. The zero-order chi connectivity index (χ0) is 76.0. The second-order valence-electron chi connectivity index (χ2n) is 31.7. The maximum Gasteiger partial charge on any atom is 0.472 e. The predicted molar refractivity (Wildman–Crippen MR) is 423 cm³/mol. The van der Waals surface area contributed by atoms with Gasteiger partial charge in [-0.25, -0.2) is 9.13 Å². The molecule has 0 aromatic heterocycles. The second kappa shape index (κ2) is 72.9. The molecule has 5 unspecified atom stereocenters. The maximum atomic E-state index is 13.1. The molecule has 0 amide bonds. The number of phosphoric ester groups is 2. The van der Waals surface area contributed by atoms with E-state index in [2.05, 4.69) is 55.4 Å². The number of esters is 4. The van der Waals surface area contributed by atoms with Crippen LogP contribution in [0.2, 0.25) is 0 Å². The highest BCUT2D eigenvalue weighted by Crippen LogP contribution is 2.45. The fourth-order valence-corrected chi connectivity index (χ4v) is 14.5. The Morgan fingerprint density at radius 3 is 0.689 bits per heavy atom. The molecule has 103 heavy (non-hydrogen) atoms.